The summed E-state index contributed by atoms with van der Waals surface area (Å²) >= 11 is 0. The van der Waals surface area contributed by atoms with Crippen LogP contribution in [0.4, 0.5) is 14.7 Å². The molecule has 0 aliphatic carbocycles. The molecule has 3 rings (SSSR count). The second kappa shape index (κ2) is 6.25. The molecule has 0 aromatic carbocycles. The number of aliphatic hydroxyl groups excluding tert-OH is 1. The van der Waals surface area contributed by atoms with Crippen LogP contribution in [0.3, 0.4) is 0 Å². The van der Waals surface area contributed by atoms with Crippen LogP contribution in [-0.4, -0.2) is 50.7 Å². The van der Waals surface area contributed by atoms with Crippen molar-refractivity contribution in [3.05, 3.63) is 23.8 Å². The molecule has 0 saturated carbocycles. The Hall–Kier alpha value is -1.80. The third-order valence-electron chi connectivity index (χ3n) is 4.61. The molecule has 2 aromatic heterocycles. The number of nitrogens with zero attached hydrogens (tertiary/aromatic N) is 3. The molecule has 0 bridgehead atoms. The van der Waals surface area contributed by atoms with Crippen LogP contribution in [0.1, 0.15) is 38.8 Å². The summed E-state index contributed by atoms with van der Waals surface area (Å²) in [4.78, 5) is 4.10. The molecular formula is C16H22F2N4O2. The van der Waals surface area contributed by atoms with E-state index in [1.54, 1.807) is 6.92 Å². The van der Waals surface area contributed by atoms with E-state index in [-0.39, 0.29) is 24.1 Å². The number of rotatable bonds is 4. The number of nitrogens with one attached hydrogen (secondary N) is 1. The minimum absolute atomic E-state index is 0.194. The van der Waals surface area contributed by atoms with Crippen molar-refractivity contribution in [3.63, 3.8) is 0 Å². The predicted octanol–water partition coefficient (Wildman–Crippen LogP) is 2.28. The molecule has 24 heavy (non-hydrogen) atoms. The second-order valence-corrected chi connectivity index (χ2v) is 6.76. The summed E-state index contributed by atoms with van der Waals surface area (Å²) in [6.07, 6.45) is 1.31. The number of aliphatic hydroxyl groups is 1. The van der Waals surface area contributed by atoms with Crippen molar-refractivity contribution in [1.82, 2.24) is 14.6 Å². The minimum Gasteiger partial charge on any atom is -0.389 e. The van der Waals surface area contributed by atoms with Gasteiger partial charge in [0.25, 0.3) is 0 Å². The third kappa shape index (κ3) is 3.21. The van der Waals surface area contributed by atoms with Crippen LogP contribution in [0.5, 0.6) is 0 Å². The molecule has 6 nitrogen and oxygen atoms in total. The number of hydrogen-bond acceptors (Lipinski definition) is 5. The van der Waals surface area contributed by atoms with Crippen molar-refractivity contribution in [2.24, 2.45) is 0 Å². The van der Waals surface area contributed by atoms with Crippen molar-refractivity contribution < 1.29 is 18.6 Å². The summed E-state index contributed by atoms with van der Waals surface area (Å²) in [5, 5.41) is 17.3. The number of fused-ring (bicyclic) bond motifs is 1. The molecule has 1 saturated heterocycles. The van der Waals surface area contributed by atoms with Gasteiger partial charge in [-0.15, -0.1) is 5.10 Å². The zero-order valence-electron chi connectivity index (χ0n) is 14.0. The lowest BCUT2D eigenvalue weighted by Crippen LogP contribution is -2.42. The largest absolute Gasteiger partial charge is 0.389 e. The summed E-state index contributed by atoms with van der Waals surface area (Å²) in [5.41, 5.74) is -0.886. The first-order valence-corrected chi connectivity index (χ1v) is 8.03. The molecule has 1 aliphatic heterocycles. The zero-order chi connectivity index (χ0) is 17.5. The van der Waals surface area contributed by atoms with Gasteiger partial charge in [-0.2, -0.15) is 0 Å². The SMILES string of the molecule is CC(c1cc(F)c2cnc(N[C@@H]3CCOC[C@H]3O)nn12)C(C)(C)F. The van der Waals surface area contributed by atoms with Crippen molar-refractivity contribution in [3.8, 4) is 0 Å². The highest BCUT2D eigenvalue weighted by molar-refractivity contribution is 5.50. The van der Waals surface area contributed by atoms with Crippen LogP contribution >= 0.6 is 0 Å². The maximum atomic E-state index is 14.3. The molecule has 0 radical (unpaired) electrons. The topological polar surface area (TPSA) is 71.7 Å². The van der Waals surface area contributed by atoms with Gasteiger partial charge in [-0.1, -0.05) is 6.92 Å². The summed E-state index contributed by atoms with van der Waals surface area (Å²) in [6.45, 7) is 5.38. The quantitative estimate of drug-likeness (QED) is 0.893. The molecule has 132 valence electrons. The van der Waals surface area contributed by atoms with Gasteiger partial charge in [-0.25, -0.2) is 18.3 Å². The fourth-order valence-electron chi connectivity index (χ4n) is 2.76. The van der Waals surface area contributed by atoms with Gasteiger partial charge in [0.1, 0.15) is 11.2 Å². The Balaban J connectivity index is 1.94. The molecule has 0 spiro atoms. The van der Waals surface area contributed by atoms with Crippen LogP contribution in [0, 0.1) is 5.82 Å². The van der Waals surface area contributed by atoms with Gasteiger partial charge >= 0.3 is 0 Å². The van der Waals surface area contributed by atoms with Crippen LogP contribution in [0.25, 0.3) is 5.52 Å². The lowest BCUT2D eigenvalue weighted by atomic mass is 9.92. The van der Waals surface area contributed by atoms with Gasteiger partial charge in [0, 0.05) is 12.5 Å². The van der Waals surface area contributed by atoms with Crippen LogP contribution < -0.4 is 5.32 Å². The van der Waals surface area contributed by atoms with Crippen molar-refractivity contribution in [1.29, 1.82) is 0 Å². The molecular weight excluding hydrogens is 318 g/mol. The first kappa shape index (κ1) is 17.0. The van der Waals surface area contributed by atoms with Gasteiger partial charge in [-0.3, -0.25) is 0 Å². The third-order valence-corrected chi connectivity index (χ3v) is 4.61. The maximum Gasteiger partial charge on any atom is 0.241 e. The Bertz CT molecular complexity index is 729. The van der Waals surface area contributed by atoms with Gasteiger partial charge in [-0.05, 0) is 26.3 Å². The maximum absolute atomic E-state index is 14.3. The molecule has 1 unspecified atom stereocenters. The highest BCUT2D eigenvalue weighted by atomic mass is 19.1. The Morgan fingerprint density at radius 3 is 2.92 bits per heavy atom. The molecule has 3 atom stereocenters. The Morgan fingerprint density at radius 1 is 1.50 bits per heavy atom. The summed E-state index contributed by atoms with van der Waals surface area (Å²) in [6, 6.07) is 1.05. The average molecular weight is 340 g/mol. The normalized spacial score (nSPS) is 23.4. The number of alkyl halides is 1. The monoisotopic (exact) mass is 340 g/mol. The van der Waals surface area contributed by atoms with Crippen molar-refractivity contribution >= 4 is 11.5 Å². The van der Waals surface area contributed by atoms with Gasteiger partial charge < -0.3 is 15.2 Å². The highest BCUT2D eigenvalue weighted by Crippen LogP contribution is 2.32. The van der Waals surface area contributed by atoms with Crippen LogP contribution in [0.15, 0.2) is 12.3 Å². The van der Waals surface area contributed by atoms with Gasteiger partial charge in [0.2, 0.25) is 5.95 Å². The molecule has 1 fully saturated rings. The minimum atomic E-state index is -1.52. The highest BCUT2D eigenvalue weighted by Gasteiger charge is 2.30. The smallest absolute Gasteiger partial charge is 0.241 e. The molecule has 0 amide bonds. The van der Waals surface area contributed by atoms with E-state index in [0.29, 0.717) is 18.7 Å². The number of aromatic nitrogens is 3. The predicted molar refractivity (Wildman–Crippen MR) is 85.4 cm³/mol. The van der Waals surface area contributed by atoms with Crippen molar-refractivity contribution in [2.45, 2.75) is 50.9 Å². The molecule has 3 heterocycles. The Kier molecular flexibility index (Phi) is 4.44. The Labute approximate surface area is 138 Å². The van der Waals surface area contributed by atoms with E-state index in [4.69, 9.17) is 4.74 Å². The first-order chi connectivity index (χ1) is 11.3. The molecule has 1 aliphatic rings. The van der Waals surface area contributed by atoms with E-state index in [9.17, 15) is 13.9 Å². The van der Waals surface area contributed by atoms with E-state index < -0.39 is 23.5 Å². The average Bonchev–Trinajstić information content (AvgIpc) is 2.84. The van der Waals surface area contributed by atoms with Crippen LogP contribution in [-0.2, 0) is 4.74 Å². The first-order valence-electron chi connectivity index (χ1n) is 8.03. The molecule has 2 N–H and O–H groups in total. The lowest BCUT2D eigenvalue weighted by molar-refractivity contribution is -0.0136. The van der Waals surface area contributed by atoms with E-state index in [1.165, 1.54) is 30.6 Å². The molecule has 8 heteroatoms. The number of halogens is 2. The number of anilines is 1. The fraction of sp³-hybridized carbons (Fsp3) is 0.625. The molecule has 2 aromatic rings. The van der Waals surface area contributed by atoms with E-state index >= 15 is 0 Å². The lowest BCUT2D eigenvalue weighted by Gasteiger charge is -2.28. The number of ether oxygens (including phenoxy) is 1. The van der Waals surface area contributed by atoms with E-state index in [0.717, 1.165) is 0 Å². The Morgan fingerprint density at radius 2 is 2.25 bits per heavy atom. The summed E-state index contributed by atoms with van der Waals surface area (Å²) < 4.78 is 35.0. The van der Waals surface area contributed by atoms with Gasteiger partial charge in [0.15, 0.2) is 5.82 Å². The van der Waals surface area contributed by atoms with E-state index in [1.807, 2.05) is 0 Å². The van der Waals surface area contributed by atoms with Crippen molar-refractivity contribution in [2.75, 3.05) is 18.5 Å². The fourth-order valence-corrected chi connectivity index (χ4v) is 2.76. The van der Waals surface area contributed by atoms with Gasteiger partial charge in [0.05, 0.1) is 30.6 Å². The standard InChI is InChI=1S/C16H22F2N4O2/c1-9(16(2,3)18)12-6-10(17)13-7-19-15(21-22(12)13)20-11-4-5-24-8-14(11)23/h6-7,9,11,14,23H,4-5,8H2,1-3H3,(H,20,21)/t9?,11-,14-/m1/s1. The zero-order valence-corrected chi connectivity index (χ0v) is 14.0. The summed E-state index contributed by atoms with van der Waals surface area (Å²) in [5.74, 6) is -0.779. The summed E-state index contributed by atoms with van der Waals surface area (Å²) in [7, 11) is 0. The second-order valence-electron chi connectivity index (χ2n) is 6.76. The van der Waals surface area contributed by atoms with E-state index in [2.05, 4.69) is 15.4 Å². The van der Waals surface area contributed by atoms with Crippen LogP contribution in [0.2, 0.25) is 0 Å². The number of hydrogen-bond donors (Lipinski definition) is 2.